The molecule has 1 saturated carbocycles. The van der Waals surface area contributed by atoms with Crippen molar-refractivity contribution in [1.82, 2.24) is 15.3 Å². The van der Waals surface area contributed by atoms with Crippen LogP contribution in [0, 0.1) is 5.41 Å². The molecule has 20 heavy (non-hydrogen) atoms. The van der Waals surface area contributed by atoms with Crippen molar-refractivity contribution in [3.8, 4) is 0 Å². The zero-order chi connectivity index (χ0) is 14.2. The molecule has 3 rings (SSSR count). The van der Waals surface area contributed by atoms with Crippen LogP contribution in [0.15, 0.2) is 22.9 Å². The van der Waals surface area contributed by atoms with Gasteiger partial charge in [0, 0.05) is 17.6 Å². The average molecular weight is 338 g/mol. The highest BCUT2D eigenvalue weighted by Crippen LogP contribution is 2.47. The molecule has 5 nitrogen and oxygen atoms in total. The number of nitrogens with one attached hydrogen (secondary N) is 2. The van der Waals surface area contributed by atoms with Crippen LogP contribution < -0.4 is 5.32 Å². The van der Waals surface area contributed by atoms with Crippen molar-refractivity contribution < 1.29 is 9.90 Å². The molecule has 1 amide bonds. The maximum atomic E-state index is 12.3. The third-order valence-corrected chi connectivity index (χ3v) is 4.41. The van der Waals surface area contributed by atoms with Gasteiger partial charge in [0.25, 0.3) is 5.91 Å². The van der Waals surface area contributed by atoms with Crippen molar-refractivity contribution >= 4 is 32.9 Å². The Bertz CT molecular complexity index is 649. The molecule has 2 aromatic rings. The number of fused-ring (bicyclic) bond motifs is 1. The number of benzene rings is 1. The van der Waals surface area contributed by atoms with Gasteiger partial charge in [-0.05, 0) is 36.8 Å². The van der Waals surface area contributed by atoms with Gasteiger partial charge in [-0.3, -0.25) is 4.79 Å². The van der Waals surface area contributed by atoms with Gasteiger partial charge >= 0.3 is 0 Å². The number of halogens is 1. The van der Waals surface area contributed by atoms with Gasteiger partial charge in [0.05, 0.1) is 17.4 Å². The number of aromatic amines is 1. The summed E-state index contributed by atoms with van der Waals surface area (Å²) in [5, 5.41) is 12.0. The fourth-order valence-corrected chi connectivity index (χ4v) is 2.94. The van der Waals surface area contributed by atoms with Crippen molar-refractivity contribution in [2.45, 2.75) is 19.3 Å². The summed E-state index contributed by atoms with van der Waals surface area (Å²) in [6, 6.07) is 3.68. The number of aliphatic hydroxyl groups excluding tert-OH is 1. The molecule has 0 bridgehead atoms. The summed E-state index contributed by atoms with van der Waals surface area (Å²) in [6.07, 6.45) is 4.49. The third kappa shape index (κ3) is 2.58. The summed E-state index contributed by atoms with van der Waals surface area (Å²) in [5.74, 6) is -0.118. The van der Waals surface area contributed by atoms with Crippen molar-refractivity contribution in [3.63, 3.8) is 0 Å². The van der Waals surface area contributed by atoms with Crippen LogP contribution in [-0.2, 0) is 0 Å². The number of carbonyl (C=O) groups is 1. The normalized spacial score (nSPS) is 16.3. The Morgan fingerprint density at radius 1 is 1.50 bits per heavy atom. The minimum absolute atomic E-state index is 0.112. The van der Waals surface area contributed by atoms with Crippen LogP contribution in [0.2, 0.25) is 0 Å². The largest absolute Gasteiger partial charge is 0.396 e. The van der Waals surface area contributed by atoms with Crippen LogP contribution in [0.4, 0.5) is 0 Å². The Hall–Kier alpha value is -1.40. The van der Waals surface area contributed by atoms with Crippen LogP contribution >= 0.6 is 15.9 Å². The molecule has 106 valence electrons. The van der Waals surface area contributed by atoms with Crippen LogP contribution in [-0.4, -0.2) is 34.1 Å². The Balaban J connectivity index is 1.77. The molecule has 0 aliphatic heterocycles. The molecule has 0 atom stereocenters. The number of rotatable bonds is 5. The van der Waals surface area contributed by atoms with E-state index in [1.54, 1.807) is 12.4 Å². The van der Waals surface area contributed by atoms with Crippen molar-refractivity contribution in [2.24, 2.45) is 5.41 Å². The van der Waals surface area contributed by atoms with E-state index in [0.717, 1.165) is 29.3 Å². The Morgan fingerprint density at radius 2 is 2.30 bits per heavy atom. The fourth-order valence-electron chi connectivity index (χ4n) is 2.48. The van der Waals surface area contributed by atoms with E-state index in [1.807, 2.05) is 6.07 Å². The number of nitrogens with zero attached hydrogens (tertiary/aromatic N) is 1. The van der Waals surface area contributed by atoms with Crippen LogP contribution in [0.3, 0.4) is 0 Å². The quantitative estimate of drug-likeness (QED) is 0.782. The average Bonchev–Trinajstić information content (AvgIpc) is 3.02. The second-order valence-electron chi connectivity index (χ2n) is 5.41. The molecule has 0 unspecified atom stereocenters. The number of amides is 1. The maximum Gasteiger partial charge on any atom is 0.253 e. The smallest absolute Gasteiger partial charge is 0.253 e. The molecule has 1 aliphatic carbocycles. The van der Waals surface area contributed by atoms with E-state index in [4.69, 9.17) is 5.11 Å². The number of imidazole rings is 1. The lowest BCUT2D eigenvalue weighted by atomic mass is 10.0. The summed E-state index contributed by atoms with van der Waals surface area (Å²) in [4.78, 5) is 19.5. The Kier molecular flexibility index (Phi) is 3.52. The SMILES string of the molecule is O=C(NCC1(CCO)CC1)c1cc(Br)cc2[nH]cnc12. The monoisotopic (exact) mass is 337 g/mol. The molecule has 1 fully saturated rings. The molecule has 6 heteroatoms. The zero-order valence-corrected chi connectivity index (χ0v) is 12.5. The number of H-pyrrole nitrogens is 1. The minimum Gasteiger partial charge on any atom is -0.396 e. The van der Waals surface area contributed by atoms with Gasteiger partial charge in [-0.15, -0.1) is 0 Å². The highest BCUT2D eigenvalue weighted by molar-refractivity contribution is 9.10. The number of carbonyl (C=O) groups excluding carboxylic acids is 1. The molecule has 0 saturated heterocycles. The lowest BCUT2D eigenvalue weighted by molar-refractivity contribution is 0.0942. The fraction of sp³-hybridized carbons (Fsp3) is 0.429. The first-order valence-corrected chi connectivity index (χ1v) is 7.45. The van der Waals surface area contributed by atoms with Gasteiger partial charge in [0.1, 0.15) is 5.52 Å². The highest BCUT2D eigenvalue weighted by Gasteiger charge is 2.41. The van der Waals surface area contributed by atoms with Crippen LogP contribution in [0.25, 0.3) is 11.0 Å². The molecular weight excluding hydrogens is 322 g/mol. The first-order valence-electron chi connectivity index (χ1n) is 6.65. The topological polar surface area (TPSA) is 78.0 Å². The van der Waals surface area contributed by atoms with Gasteiger partial charge in [-0.1, -0.05) is 15.9 Å². The maximum absolute atomic E-state index is 12.3. The molecule has 1 heterocycles. The molecule has 3 N–H and O–H groups in total. The van der Waals surface area contributed by atoms with E-state index < -0.39 is 0 Å². The van der Waals surface area contributed by atoms with E-state index in [1.165, 1.54) is 0 Å². The van der Waals surface area contributed by atoms with Crippen LogP contribution in [0.5, 0.6) is 0 Å². The molecule has 1 aliphatic rings. The summed E-state index contributed by atoms with van der Waals surface area (Å²) < 4.78 is 0.843. The third-order valence-electron chi connectivity index (χ3n) is 3.96. The first-order chi connectivity index (χ1) is 9.63. The Labute approximate surface area is 124 Å². The number of hydrogen-bond donors (Lipinski definition) is 3. The minimum atomic E-state index is -0.118. The van der Waals surface area contributed by atoms with Crippen molar-refractivity contribution in [3.05, 3.63) is 28.5 Å². The van der Waals surface area contributed by atoms with E-state index in [0.29, 0.717) is 17.6 Å². The molecule has 1 aromatic carbocycles. The van der Waals surface area contributed by atoms with Gasteiger partial charge in [-0.2, -0.15) is 0 Å². The van der Waals surface area contributed by atoms with Gasteiger partial charge < -0.3 is 15.4 Å². The summed E-state index contributed by atoms with van der Waals surface area (Å²) >= 11 is 3.40. The highest BCUT2D eigenvalue weighted by atomic mass is 79.9. The summed E-state index contributed by atoms with van der Waals surface area (Å²) in [5.41, 5.74) is 2.19. The molecule has 0 spiro atoms. The van der Waals surface area contributed by atoms with Crippen molar-refractivity contribution in [1.29, 1.82) is 0 Å². The standard InChI is InChI=1S/C14H16BrN3O2/c15-9-5-10(12-11(6-9)17-8-18-12)13(20)16-7-14(1-2-14)3-4-19/h5-6,8,19H,1-4,7H2,(H,16,20)(H,17,18). The van der Waals surface area contributed by atoms with E-state index in [9.17, 15) is 4.79 Å². The summed E-state index contributed by atoms with van der Waals surface area (Å²) in [6.45, 7) is 0.793. The number of hydrogen-bond acceptors (Lipinski definition) is 3. The second kappa shape index (κ2) is 5.18. The van der Waals surface area contributed by atoms with Crippen LogP contribution in [0.1, 0.15) is 29.6 Å². The summed E-state index contributed by atoms with van der Waals surface area (Å²) in [7, 11) is 0. The first kappa shape index (κ1) is 13.6. The molecule has 1 aromatic heterocycles. The van der Waals surface area contributed by atoms with E-state index >= 15 is 0 Å². The Morgan fingerprint density at radius 3 is 3.00 bits per heavy atom. The molecule has 0 radical (unpaired) electrons. The van der Waals surface area contributed by atoms with E-state index in [-0.39, 0.29) is 17.9 Å². The lowest BCUT2D eigenvalue weighted by Crippen LogP contribution is -2.30. The van der Waals surface area contributed by atoms with Gasteiger partial charge in [-0.25, -0.2) is 4.98 Å². The lowest BCUT2D eigenvalue weighted by Gasteiger charge is -2.14. The number of aliphatic hydroxyl groups is 1. The predicted molar refractivity (Wildman–Crippen MR) is 79.5 cm³/mol. The van der Waals surface area contributed by atoms with Crippen molar-refractivity contribution in [2.75, 3.05) is 13.2 Å². The predicted octanol–water partition coefficient (Wildman–Crippen LogP) is 2.22. The second-order valence-corrected chi connectivity index (χ2v) is 6.32. The zero-order valence-electron chi connectivity index (χ0n) is 10.9. The number of aromatic nitrogens is 2. The molecular formula is C14H16BrN3O2. The van der Waals surface area contributed by atoms with Gasteiger partial charge in [0.2, 0.25) is 0 Å². The van der Waals surface area contributed by atoms with E-state index in [2.05, 4.69) is 31.2 Å². The van der Waals surface area contributed by atoms with Gasteiger partial charge in [0.15, 0.2) is 0 Å².